The first-order chi connectivity index (χ1) is 18.8. The van der Waals surface area contributed by atoms with Crippen LogP contribution in [0.4, 0.5) is 0 Å². The monoisotopic (exact) mass is 680 g/mol. The van der Waals surface area contributed by atoms with E-state index >= 15 is 0 Å². The third kappa shape index (κ3) is 4.63. The Morgan fingerprint density at radius 2 is 1.56 bits per heavy atom. The Hall–Kier alpha value is -4.57. The standard InChI is InChI=1S/C23H13N2O.C11H8N.Ir/c1-2-9-18(10-3-1)24-15-25-20-13-16-7-4-5-8-17(16)14-22(20)26-21-12-6-11-19(24)23(21)25;1-2-6-10(7-3-1)11-8-4-5-9-12-11;/h1-12,14H;1-6,8-9H;/q2*-1;+3. The molecular formula is C34H21IrN3O+. The molecule has 5 aromatic carbocycles. The van der Waals surface area contributed by atoms with E-state index in [2.05, 4.69) is 69.0 Å². The molecule has 0 N–H and O–H groups in total. The van der Waals surface area contributed by atoms with Gasteiger partial charge in [0.1, 0.15) is 11.3 Å². The molecule has 0 aliphatic carbocycles. The molecule has 5 heteroatoms. The van der Waals surface area contributed by atoms with Gasteiger partial charge in [-0.25, -0.2) is 0 Å². The van der Waals surface area contributed by atoms with Gasteiger partial charge in [-0.3, -0.25) is 4.57 Å². The maximum Gasteiger partial charge on any atom is 3.00 e. The predicted molar refractivity (Wildman–Crippen MR) is 149 cm³/mol. The summed E-state index contributed by atoms with van der Waals surface area (Å²) in [6, 6.07) is 47.0. The molecule has 39 heavy (non-hydrogen) atoms. The van der Waals surface area contributed by atoms with Crippen molar-refractivity contribution >= 4 is 21.8 Å². The Labute approximate surface area is 240 Å². The Morgan fingerprint density at radius 3 is 2.38 bits per heavy atom. The fourth-order valence-corrected chi connectivity index (χ4v) is 4.71. The van der Waals surface area contributed by atoms with Gasteiger partial charge in [0.05, 0.1) is 17.0 Å². The minimum atomic E-state index is 0. The molecule has 0 saturated heterocycles. The van der Waals surface area contributed by atoms with Crippen molar-refractivity contribution in [1.29, 1.82) is 0 Å². The number of imidazole rings is 1. The van der Waals surface area contributed by atoms with Crippen LogP contribution in [-0.4, -0.2) is 9.55 Å². The minimum absolute atomic E-state index is 0. The summed E-state index contributed by atoms with van der Waals surface area (Å²) in [7, 11) is 0. The first kappa shape index (κ1) is 24.7. The normalized spacial score (nSPS) is 11.1. The number of ether oxygens (including phenoxy) is 1. The quantitative estimate of drug-likeness (QED) is 0.142. The van der Waals surface area contributed by atoms with Crippen molar-refractivity contribution in [3.8, 4) is 34.1 Å². The van der Waals surface area contributed by atoms with Gasteiger partial charge in [0, 0.05) is 11.9 Å². The first-order valence-electron chi connectivity index (χ1n) is 12.4. The van der Waals surface area contributed by atoms with Crippen molar-refractivity contribution in [3.63, 3.8) is 0 Å². The number of para-hydroxylation sites is 2. The van der Waals surface area contributed by atoms with Gasteiger partial charge >= 0.3 is 20.1 Å². The van der Waals surface area contributed by atoms with Crippen LogP contribution in [0.1, 0.15) is 0 Å². The minimum Gasteiger partial charge on any atom is -0.509 e. The van der Waals surface area contributed by atoms with Crippen molar-refractivity contribution in [3.05, 3.63) is 146 Å². The van der Waals surface area contributed by atoms with E-state index < -0.39 is 0 Å². The van der Waals surface area contributed by atoms with Crippen LogP contribution in [0, 0.1) is 18.5 Å². The summed E-state index contributed by atoms with van der Waals surface area (Å²) in [5.74, 6) is 1.64. The van der Waals surface area contributed by atoms with Crippen molar-refractivity contribution < 1.29 is 29.4 Å². The Balaban J connectivity index is 0.000000180. The molecule has 3 heterocycles. The second-order valence-electron chi connectivity index (χ2n) is 8.89. The molecule has 7 aromatic rings. The third-order valence-electron chi connectivity index (χ3n) is 6.48. The molecule has 0 radical (unpaired) electrons. The van der Waals surface area contributed by atoms with Gasteiger partial charge < -0.3 is 14.3 Å². The van der Waals surface area contributed by atoms with Gasteiger partial charge in [0.2, 0.25) is 0 Å². The predicted octanol–water partition coefficient (Wildman–Crippen LogP) is 7.31. The number of fused-ring (bicyclic) bond motifs is 3. The van der Waals surface area contributed by atoms with Gasteiger partial charge in [-0.15, -0.1) is 64.9 Å². The Morgan fingerprint density at radius 1 is 0.744 bits per heavy atom. The van der Waals surface area contributed by atoms with E-state index in [1.54, 1.807) is 6.20 Å². The summed E-state index contributed by atoms with van der Waals surface area (Å²) < 4.78 is 10.3. The van der Waals surface area contributed by atoms with Gasteiger partial charge in [0.25, 0.3) is 6.33 Å². The van der Waals surface area contributed by atoms with Crippen LogP contribution in [0.3, 0.4) is 0 Å². The second-order valence-corrected chi connectivity index (χ2v) is 8.89. The largest absolute Gasteiger partial charge is 3.00 e. The molecule has 0 spiro atoms. The zero-order valence-corrected chi connectivity index (χ0v) is 23.1. The number of rotatable bonds is 2. The van der Waals surface area contributed by atoms with E-state index in [1.165, 1.54) is 0 Å². The number of nitrogens with zero attached hydrogens (tertiary/aromatic N) is 3. The van der Waals surface area contributed by atoms with Crippen LogP contribution in [-0.2, 0) is 20.1 Å². The van der Waals surface area contributed by atoms with Crippen LogP contribution in [0.2, 0.25) is 0 Å². The molecule has 1 aliphatic heterocycles. The molecule has 0 unspecified atom stereocenters. The first-order valence-corrected chi connectivity index (χ1v) is 12.4. The summed E-state index contributed by atoms with van der Waals surface area (Å²) in [5, 5.41) is 2.18. The zero-order valence-electron chi connectivity index (χ0n) is 20.7. The van der Waals surface area contributed by atoms with E-state index in [0.717, 1.165) is 55.9 Å². The summed E-state index contributed by atoms with van der Waals surface area (Å²) in [4.78, 5) is 4.22. The summed E-state index contributed by atoms with van der Waals surface area (Å²) >= 11 is 0. The smallest absolute Gasteiger partial charge is 0.509 e. The van der Waals surface area contributed by atoms with Crippen LogP contribution in [0.25, 0.3) is 44.4 Å². The molecule has 2 aromatic heterocycles. The number of hydrogen-bond donors (Lipinski definition) is 0. The van der Waals surface area contributed by atoms with Crippen molar-refractivity contribution in [2.75, 3.05) is 0 Å². The van der Waals surface area contributed by atoms with E-state index in [0.29, 0.717) is 0 Å². The van der Waals surface area contributed by atoms with Crippen LogP contribution in [0.15, 0.2) is 128 Å². The van der Waals surface area contributed by atoms with Crippen molar-refractivity contribution in [2.24, 2.45) is 0 Å². The summed E-state index contributed by atoms with van der Waals surface area (Å²) in [5.41, 5.74) is 6.03. The van der Waals surface area contributed by atoms with Crippen LogP contribution >= 0.6 is 0 Å². The molecule has 4 nitrogen and oxygen atoms in total. The Kier molecular flexibility index (Phi) is 6.76. The molecule has 0 atom stereocenters. The molecule has 186 valence electrons. The number of benzene rings is 5. The van der Waals surface area contributed by atoms with Crippen LogP contribution in [0.5, 0.6) is 11.5 Å². The second kappa shape index (κ2) is 10.7. The molecule has 0 saturated carbocycles. The molecular weight excluding hydrogens is 659 g/mol. The zero-order chi connectivity index (χ0) is 25.3. The van der Waals surface area contributed by atoms with Gasteiger partial charge in [-0.05, 0) is 30.0 Å². The Bertz CT molecular complexity index is 1850. The van der Waals surface area contributed by atoms with Gasteiger partial charge in [-0.1, -0.05) is 60.7 Å². The SMILES string of the molecule is [Ir+3].[c-]1c2c(cc3ccccc13)Oc1cccc3c1[n+]-2[c-]n3-c1ccccc1.[c-]1ccccc1-c1ccccn1. The molecule has 0 bridgehead atoms. The van der Waals surface area contributed by atoms with Crippen molar-refractivity contribution in [1.82, 2.24) is 9.55 Å². The summed E-state index contributed by atoms with van der Waals surface area (Å²) in [6.07, 6.45) is 5.28. The fourth-order valence-electron chi connectivity index (χ4n) is 4.71. The number of aromatic nitrogens is 3. The van der Waals surface area contributed by atoms with Crippen molar-refractivity contribution in [2.45, 2.75) is 0 Å². The van der Waals surface area contributed by atoms with E-state index in [4.69, 9.17) is 4.74 Å². The molecule has 0 fully saturated rings. The van der Waals surface area contributed by atoms with E-state index in [9.17, 15) is 0 Å². The maximum atomic E-state index is 6.22. The molecule has 8 rings (SSSR count). The van der Waals surface area contributed by atoms with E-state index in [1.807, 2.05) is 84.9 Å². The fraction of sp³-hybridized carbons (Fsp3) is 0. The maximum absolute atomic E-state index is 6.22. The van der Waals surface area contributed by atoms with Crippen LogP contribution < -0.4 is 9.30 Å². The topological polar surface area (TPSA) is 30.9 Å². The number of hydrogen-bond acceptors (Lipinski definition) is 2. The average molecular weight is 680 g/mol. The van der Waals surface area contributed by atoms with E-state index in [-0.39, 0.29) is 20.1 Å². The van der Waals surface area contributed by atoms with Gasteiger partial charge in [-0.2, -0.15) is 0 Å². The molecule has 1 aliphatic rings. The molecule has 0 amide bonds. The van der Waals surface area contributed by atoms with Gasteiger partial charge in [0.15, 0.2) is 0 Å². The number of pyridine rings is 1. The summed E-state index contributed by atoms with van der Waals surface area (Å²) in [6.45, 7) is 0. The average Bonchev–Trinajstić information content (AvgIpc) is 3.39. The third-order valence-corrected chi connectivity index (χ3v) is 6.48.